The minimum absolute atomic E-state index is 0.718. The summed E-state index contributed by atoms with van der Waals surface area (Å²) in [6.45, 7) is 2.23. The molecule has 1 rings (SSSR count). The first-order valence-corrected chi connectivity index (χ1v) is 8.21. The van der Waals surface area contributed by atoms with E-state index in [4.69, 9.17) is 3.97 Å². The maximum Gasteiger partial charge on any atom is 0.170 e. The van der Waals surface area contributed by atoms with Crippen molar-refractivity contribution in [2.75, 3.05) is 18.5 Å². The molecule has 0 aliphatic carbocycles. The van der Waals surface area contributed by atoms with E-state index in [-0.39, 0.29) is 0 Å². The molecule has 48 valence electrons. The van der Waals surface area contributed by atoms with Crippen molar-refractivity contribution in [2.45, 2.75) is 6.92 Å². The van der Waals surface area contributed by atoms with Crippen LogP contribution in [0.15, 0.2) is 0 Å². The van der Waals surface area contributed by atoms with Crippen molar-refractivity contribution in [2.24, 2.45) is 0 Å². The van der Waals surface area contributed by atoms with E-state index in [0.29, 0.717) is 0 Å². The molecule has 0 spiro atoms. The third-order valence-corrected chi connectivity index (χ3v) is 7.02. The summed E-state index contributed by atoms with van der Waals surface area (Å²) >= 11 is 2.20. The molecule has 1 saturated heterocycles. The van der Waals surface area contributed by atoms with Gasteiger partial charge in [0.15, 0.2) is 7.49 Å². The van der Waals surface area contributed by atoms with Crippen LogP contribution < -0.4 is 0 Å². The van der Waals surface area contributed by atoms with Crippen LogP contribution in [0.5, 0.6) is 0 Å². The molecule has 0 unspecified atom stereocenters. The molecule has 0 amide bonds. The van der Waals surface area contributed by atoms with E-state index in [1.54, 1.807) is 0 Å². The van der Waals surface area contributed by atoms with Crippen LogP contribution in [-0.2, 0) is 3.97 Å². The monoisotopic (exact) mass is 263 g/mol. The highest BCUT2D eigenvalue weighted by Crippen LogP contribution is 2.74. The molecule has 1 fully saturated rings. The quantitative estimate of drug-likeness (QED) is 0.440. The second-order valence-electron chi connectivity index (χ2n) is 1.96. The van der Waals surface area contributed by atoms with Gasteiger partial charge in [-0.2, -0.15) is 3.97 Å². The summed E-state index contributed by atoms with van der Waals surface area (Å²) < 4.78 is 5.50. The molecule has 0 aromatic rings. The van der Waals surface area contributed by atoms with Gasteiger partial charge in [-0.15, -0.1) is 0 Å². The minimum atomic E-state index is -0.718. The summed E-state index contributed by atoms with van der Waals surface area (Å²) in [5.74, 6) is 0. The fourth-order valence-electron chi connectivity index (χ4n) is 0.615. The number of hydrogen-bond acceptors (Lipinski definition) is 2. The first-order chi connectivity index (χ1) is 3.83. The Morgan fingerprint density at radius 1 is 1.75 bits per heavy atom. The highest BCUT2D eigenvalue weighted by molar-refractivity contribution is 14.2. The second kappa shape index (κ2) is 3.04. The third kappa shape index (κ3) is 1.72. The maximum atomic E-state index is 5.50. The summed E-state index contributed by atoms with van der Waals surface area (Å²) in [6.07, 6.45) is 4.03. The van der Waals surface area contributed by atoms with Crippen molar-refractivity contribution in [1.82, 2.24) is 0 Å². The molecule has 0 aromatic carbocycles. The average molecular weight is 263 g/mol. The largest absolute Gasteiger partial charge is 0.170 e. The van der Waals surface area contributed by atoms with Crippen LogP contribution in [0.2, 0.25) is 0 Å². The number of hydrogen-bond donors (Lipinski definition) is 0. The zero-order valence-corrected chi connectivity index (χ0v) is 8.63. The summed E-state index contributed by atoms with van der Waals surface area (Å²) in [4.78, 5) is 0. The Bertz CT molecular complexity index is 86.1. The fourth-order valence-corrected chi connectivity index (χ4v) is 6.71. The molecule has 1 aliphatic heterocycles. The fraction of sp³-hybridized carbons (Fsp3) is 1.00. The molecule has 8 heavy (non-hydrogen) atoms. The van der Waals surface area contributed by atoms with Gasteiger partial charge in [-0.3, -0.25) is 0 Å². The predicted octanol–water partition coefficient (Wildman–Crippen LogP) is 2.97. The molecular formula is C4H9IOPS+. The molecule has 1 aliphatic rings. The Kier molecular flexibility index (Phi) is 2.88. The Hall–Kier alpha value is 1.47. The van der Waals surface area contributed by atoms with Gasteiger partial charge < -0.3 is 0 Å². The van der Waals surface area contributed by atoms with Crippen LogP contribution in [0, 0.1) is 0 Å². The first-order valence-electron chi connectivity index (χ1n) is 2.66. The maximum absolute atomic E-state index is 5.50. The molecule has 1 nitrogen and oxygen atoms in total. The van der Waals surface area contributed by atoms with E-state index < -0.39 is 7.49 Å². The summed E-state index contributed by atoms with van der Waals surface area (Å²) in [6, 6.07) is 0. The van der Waals surface area contributed by atoms with Crippen molar-refractivity contribution in [3.8, 4) is 0 Å². The van der Waals surface area contributed by atoms with Crippen molar-refractivity contribution in [1.29, 1.82) is 0 Å². The van der Waals surface area contributed by atoms with Gasteiger partial charge >= 0.3 is 0 Å². The number of halogens is 1. The zero-order chi connectivity index (χ0) is 6.04. The second-order valence-corrected chi connectivity index (χ2v) is 7.40. The van der Waals surface area contributed by atoms with E-state index in [2.05, 4.69) is 28.1 Å². The van der Waals surface area contributed by atoms with Crippen LogP contribution in [0.25, 0.3) is 0 Å². The molecular weight excluding hydrogens is 254 g/mol. The van der Waals surface area contributed by atoms with E-state index in [1.165, 1.54) is 27.7 Å². The molecule has 0 atom stereocenters. The van der Waals surface area contributed by atoms with Gasteiger partial charge in [0.1, 0.15) is 21.5 Å². The van der Waals surface area contributed by atoms with Crippen LogP contribution >= 0.6 is 37.9 Å². The lowest BCUT2D eigenvalue weighted by atomic mass is 11.0. The Balaban J connectivity index is 2.20. The lowest BCUT2D eigenvalue weighted by Gasteiger charge is -1.97. The van der Waals surface area contributed by atoms with E-state index in [1.807, 2.05) is 0 Å². The van der Waals surface area contributed by atoms with Crippen molar-refractivity contribution in [3.05, 3.63) is 0 Å². The van der Waals surface area contributed by atoms with E-state index >= 15 is 0 Å². The van der Waals surface area contributed by atoms with Gasteiger partial charge in [0.25, 0.3) is 0 Å². The number of rotatable bonds is 3. The first kappa shape index (κ1) is 7.58. The Morgan fingerprint density at radius 2 is 2.38 bits per heavy atom. The van der Waals surface area contributed by atoms with Crippen molar-refractivity contribution >= 4 is 37.9 Å². The van der Waals surface area contributed by atoms with Gasteiger partial charge in [-0.25, -0.2) is 0 Å². The normalized spacial score (nSPS) is 23.2. The molecule has 0 N–H and O–H groups in total. The molecule has 0 bridgehead atoms. The summed E-state index contributed by atoms with van der Waals surface area (Å²) in [5, 5.41) is 0. The van der Waals surface area contributed by atoms with Gasteiger partial charge in [0.05, 0.1) is 6.16 Å². The van der Waals surface area contributed by atoms with Gasteiger partial charge in [0, 0.05) is 21.2 Å². The van der Waals surface area contributed by atoms with Gasteiger partial charge in [0.2, 0.25) is 0 Å². The summed E-state index contributed by atoms with van der Waals surface area (Å²) in [5.41, 5.74) is 0. The molecule has 1 heterocycles. The van der Waals surface area contributed by atoms with Gasteiger partial charge in [-0.1, -0.05) is 0 Å². The highest BCUT2D eigenvalue weighted by atomic mass is 127. The van der Waals surface area contributed by atoms with E-state index in [0.717, 1.165) is 0 Å². The van der Waals surface area contributed by atoms with Crippen molar-refractivity contribution < 1.29 is 3.97 Å². The Labute approximate surface area is 67.2 Å². The topological polar surface area (TPSA) is 9.23 Å². The predicted molar refractivity (Wildman–Crippen MR) is 49.9 cm³/mol. The molecule has 4 heteroatoms. The van der Waals surface area contributed by atoms with Crippen molar-refractivity contribution in [3.63, 3.8) is 0 Å². The van der Waals surface area contributed by atoms with E-state index in [9.17, 15) is 0 Å². The van der Waals surface area contributed by atoms with Crippen LogP contribution in [0.4, 0.5) is 0 Å². The van der Waals surface area contributed by atoms with Gasteiger partial charge in [-0.05, 0) is 6.92 Å². The zero-order valence-electron chi connectivity index (χ0n) is 4.76. The minimum Gasteiger partial charge on any atom is -0.160 e. The van der Waals surface area contributed by atoms with Crippen LogP contribution in [0.3, 0.4) is 0 Å². The third-order valence-electron chi connectivity index (χ3n) is 1.49. The lowest BCUT2D eigenvalue weighted by molar-refractivity contribution is 0.731. The molecule has 0 saturated carbocycles. The summed E-state index contributed by atoms with van der Waals surface area (Å²) in [7, 11) is 0.797. The average Bonchev–Trinajstić information content (AvgIpc) is 2.50. The smallest absolute Gasteiger partial charge is 0.160 e. The standard InChI is InChI=1S/C4H9IOPS/c1-2-7(3-4-7)6-8-5/h2-4H2,1H3/q+1. The molecule has 0 radical (unpaired) electrons. The lowest BCUT2D eigenvalue weighted by Crippen LogP contribution is -1.75. The SMILES string of the molecule is CC[P+]1(OSI)CC1. The highest BCUT2D eigenvalue weighted by Gasteiger charge is 2.53. The van der Waals surface area contributed by atoms with Crippen LogP contribution in [-0.4, -0.2) is 18.5 Å². The Morgan fingerprint density at radius 3 is 2.50 bits per heavy atom. The molecule has 0 aromatic heterocycles. The van der Waals surface area contributed by atoms with Crippen LogP contribution in [0.1, 0.15) is 6.92 Å².